The lowest BCUT2D eigenvalue weighted by molar-refractivity contribution is -0.110. The second-order valence-corrected chi connectivity index (χ2v) is 4.94. The van der Waals surface area contributed by atoms with Crippen molar-refractivity contribution in [3.63, 3.8) is 0 Å². The lowest BCUT2D eigenvalue weighted by Crippen LogP contribution is -2.49. The van der Waals surface area contributed by atoms with Crippen LogP contribution in [-0.4, -0.2) is 53.9 Å². The van der Waals surface area contributed by atoms with Gasteiger partial charge in [0, 0.05) is 31.9 Å². The SMILES string of the molecule is CN1CCN(C(=S)C(=O)Nc2ccc(F)cc2)CC1. The van der Waals surface area contributed by atoms with Crippen LogP contribution in [0.5, 0.6) is 0 Å². The largest absolute Gasteiger partial charge is 0.356 e. The van der Waals surface area contributed by atoms with Gasteiger partial charge in [0.1, 0.15) is 5.82 Å². The van der Waals surface area contributed by atoms with E-state index in [-0.39, 0.29) is 16.7 Å². The van der Waals surface area contributed by atoms with E-state index in [1.807, 2.05) is 11.9 Å². The van der Waals surface area contributed by atoms with Crippen LogP contribution in [-0.2, 0) is 4.79 Å². The second kappa shape index (κ2) is 6.08. The van der Waals surface area contributed by atoms with E-state index in [4.69, 9.17) is 12.2 Å². The van der Waals surface area contributed by atoms with Crippen LogP contribution in [0.15, 0.2) is 24.3 Å². The molecule has 1 heterocycles. The van der Waals surface area contributed by atoms with Gasteiger partial charge in [-0.3, -0.25) is 4.79 Å². The lowest BCUT2D eigenvalue weighted by atomic mass is 10.3. The number of anilines is 1. The summed E-state index contributed by atoms with van der Waals surface area (Å²) in [5.41, 5.74) is 0.544. The maximum absolute atomic E-state index is 12.8. The number of benzene rings is 1. The zero-order valence-corrected chi connectivity index (χ0v) is 11.5. The molecule has 0 unspecified atom stereocenters. The first kappa shape index (κ1) is 13.9. The molecule has 6 heteroatoms. The number of rotatable bonds is 1. The van der Waals surface area contributed by atoms with Gasteiger partial charge in [-0.2, -0.15) is 0 Å². The van der Waals surface area contributed by atoms with Crippen LogP contribution >= 0.6 is 12.2 Å². The van der Waals surface area contributed by atoms with Crippen molar-refractivity contribution in [3.8, 4) is 0 Å². The number of nitrogens with zero attached hydrogens (tertiary/aromatic N) is 2. The Morgan fingerprint density at radius 2 is 1.79 bits per heavy atom. The summed E-state index contributed by atoms with van der Waals surface area (Å²) in [5.74, 6) is -0.647. The van der Waals surface area contributed by atoms with Gasteiger partial charge in [0.15, 0.2) is 4.99 Å². The highest BCUT2D eigenvalue weighted by molar-refractivity contribution is 7.82. The number of amides is 1. The first-order valence-corrected chi connectivity index (χ1v) is 6.51. The molecule has 1 aliphatic heterocycles. The van der Waals surface area contributed by atoms with Crippen molar-refractivity contribution in [1.82, 2.24) is 9.80 Å². The molecule has 0 spiro atoms. The summed E-state index contributed by atoms with van der Waals surface area (Å²) in [6.45, 7) is 3.30. The fraction of sp³-hybridized carbons (Fsp3) is 0.385. The number of hydrogen-bond acceptors (Lipinski definition) is 3. The standard InChI is InChI=1S/C13H16FN3OS/c1-16-6-8-17(9-7-16)13(19)12(18)15-11-4-2-10(14)3-5-11/h2-5H,6-9H2,1H3,(H,15,18). The molecule has 1 saturated heterocycles. The predicted octanol–water partition coefficient (Wildman–Crippen LogP) is 1.34. The number of thiocarbonyl (C=S) groups is 1. The van der Waals surface area contributed by atoms with Gasteiger partial charge in [-0.15, -0.1) is 0 Å². The topological polar surface area (TPSA) is 35.6 Å². The van der Waals surface area contributed by atoms with E-state index in [1.165, 1.54) is 24.3 Å². The maximum Gasteiger partial charge on any atom is 0.283 e. The second-order valence-electron chi connectivity index (χ2n) is 4.56. The molecule has 0 atom stereocenters. The number of nitrogens with one attached hydrogen (secondary N) is 1. The van der Waals surface area contributed by atoms with Gasteiger partial charge in [-0.25, -0.2) is 4.39 Å². The Hall–Kier alpha value is -1.53. The molecule has 1 aliphatic rings. The number of carbonyl (C=O) groups is 1. The first-order valence-electron chi connectivity index (χ1n) is 6.10. The Morgan fingerprint density at radius 3 is 2.37 bits per heavy atom. The third-order valence-electron chi connectivity index (χ3n) is 3.09. The minimum atomic E-state index is -0.334. The highest BCUT2D eigenvalue weighted by Gasteiger charge is 2.21. The summed E-state index contributed by atoms with van der Waals surface area (Å²) >= 11 is 5.18. The Balaban J connectivity index is 1.92. The van der Waals surface area contributed by atoms with Gasteiger partial charge in [0.25, 0.3) is 5.91 Å². The summed E-state index contributed by atoms with van der Waals surface area (Å²) < 4.78 is 12.8. The molecule has 0 aliphatic carbocycles. The van der Waals surface area contributed by atoms with Gasteiger partial charge < -0.3 is 15.1 Å². The molecule has 1 aromatic rings. The van der Waals surface area contributed by atoms with Crippen molar-refractivity contribution >= 4 is 28.8 Å². The monoisotopic (exact) mass is 281 g/mol. The number of piperazine rings is 1. The highest BCUT2D eigenvalue weighted by Crippen LogP contribution is 2.09. The molecular formula is C13H16FN3OS. The van der Waals surface area contributed by atoms with Gasteiger partial charge in [0.2, 0.25) is 0 Å². The Kier molecular flexibility index (Phi) is 4.44. The molecular weight excluding hydrogens is 265 g/mol. The number of hydrogen-bond donors (Lipinski definition) is 1. The van der Waals surface area contributed by atoms with Crippen molar-refractivity contribution in [3.05, 3.63) is 30.1 Å². The van der Waals surface area contributed by atoms with Crippen LogP contribution in [0.4, 0.5) is 10.1 Å². The molecule has 0 aromatic heterocycles. The van der Waals surface area contributed by atoms with Gasteiger partial charge >= 0.3 is 0 Å². The van der Waals surface area contributed by atoms with Crippen molar-refractivity contribution < 1.29 is 9.18 Å². The zero-order valence-electron chi connectivity index (χ0n) is 10.7. The number of carbonyl (C=O) groups excluding carboxylic acids is 1. The fourth-order valence-corrected chi connectivity index (χ4v) is 2.10. The summed E-state index contributed by atoms with van der Waals surface area (Å²) in [7, 11) is 2.04. The quantitative estimate of drug-likeness (QED) is 0.788. The average Bonchev–Trinajstić information content (AvgIpc) is 2.41. The molecule has 4 nitrogen and oxygen atoms in total. The van der Waals surface area contributed by atoms with Crippen molar-refractivity contribution in [1.29, 1.82) is 0 Å². The normalized spacial score (nSPS) is 16.2. The summed E-state index contributed by atoms with van der Waals surface area (Å²) in [6.07, 6.45) is 0. The van der Waals surface area contributed by atoms with Gasteiger partial charge in [-0.1, -0.05) is 12.2 Å². The first-order chi connectivity index (χ1) is 9.06. The predicted molar refractivity (Wildman–Crippen MR) is 76.7 cm³/mol. The smallest absolute Gasteiger partial charge is 0.283 e. The van der Waals surface area contributed by atoms with E-state index in [1.54, 1.807) is 0 Å². The van der Waals surface area contributed by atoms with Crippen LogP contribution in [0.1, 0.15) is 0 Å². The Labute approximate surface area is 117 Å². The summed E-state index contributed by atoms with van der Waals surface area (Å²) in [4.78, 5) is 16.4. The van der Waals surface area contributed by atoms with Crippen molar-refractivity contribution in [2.45, 2.75) is 0 Å². The molecule has 1 fully saturated rings. The minimum absolute atomic E-state index is 0.289. The minimum Gasteiger partial charge on any atom is -0.356 e. The molecule has 1 amide bonds. The third kappa shape index (κ3) is 3.71. The molecule has 1 N–H and O–H groups in total. The molecule has 0 bridgehead atoms. The Morgan fingerprint density at radius 1 is 1.21 bits per heavy atom. The van der Waals surface area contributed by atoms with E-state index < -0.39 is 0 Å². The third-order valence-corrected chi connectivity index (χ3v) is 3.53. The van der Waals surface area contributed by atoms with E-state index in [2.05, 4.69) is 10.2 Å². The average molecular weight is 281 g/mol. The summed E-state index contributed by atoms with van der Waals surface area (Å²) in [5, 5.41) is 2.68. The highest BCUT2D eigenvalue weighted by atomic mass is 32.1. The summed E-state index contributed by atoms with van der Waals surface area (Å²) in [6, 6.07) is 5.63. The van der Waals surface area contributed by atoms with Crippen LogP contribution in [0.25, 0.3) is 0 Å². The van der Waals surface area contributed by atoms with Crippen molar-refractivity contribution in [2.24, 2.45) is 0 Å². The van der Waals surface area contributed by atoms with E-state index in [9.17, 15) is 9.18 Å². The molecule has 102 valence electrons. The lowest BCUT2D eigenvalue weighted by Gasteiger charge is -2.33. The van der Waals surface area contributed by atoms with Crippen LogP contribution < -0.4 is 5.32 Å². The number of halogens is 1. The zero-order chi connectivity index (χ0) is 13.8. The molecule has 2 rings (SSSR count). The Bertz CT molecular complexity index is 469. The molecule has 1 aromatic carbocycles. The fourth-order valence-electron chi connectivity index (χ4n) is 1.87. The molecule has 0 saturated carbocycles. The maximum atomic E-state index is 12.8. The van der Waals surface area contributed by atoms with E-state index in [0.29, 0.717) is 5.69 Å². The molecule has 0 radical (unpaired) electrons. The molecule has 19 heavy (non-hydrogen) atoms. The van der Waals surface area contributed by atoms with Gasteiger partial charge in [0.05, 0.1) is 0 Å². The van der Waals surface area contributed by atoms with E-state index >= 15 is 0 Å². The van der Waals surface area contributed by atoms with Crippen LogP contribution in [0.3, 0.4) is 0 Å². The van der Waals surface area contributed by atoms with Gasteiger partial charge in [-0.05, 0) is 31.3 Å². The van der Waals surface area contributed by atoms with Crippen molar-refractivity contribution in [2.75, 3.05) is 38.5 Å². The van der Waals surface area contributed by atoms with Crippen LogP contribution in [0.2, 0.25) is 0 Å². The van der Waals surface area contributed by atoms with Crippen LogP contribution in [0, 0.1) is 5.82 Å². The number of likely N-dealkylation sites (N-methyl/N-ethyl adjacent to an activating group) is 1. The van der Waals surface area contributed by atoms with E-state index in [0.717, 1.165) is 26.2 Å².